The standard InChI is InChI=1S/C16H19N3O2/c1-12(20)18-13-6-5-7-14(10-13)19-15(21)16(11-17)8-3-2-4-9-16/h5-7,10H,2-4,8-9H2,1H3,(H,18,20)(H,19,21). The van der Waals surface area contributed by atoms with E-state index in [9.17, 15) is 14.9 Å². The van der Waals surface area contributed by atoms with Crippen molar-refractivity contribution in [2.45, 2.75) is 39.0 Å². The molecule has 1 aromatic carbocycles. The van der Waals surface area contributed by atoms with E-state index in [-0.39, 0.29) is 11.8 Å². The number of nitriles is 1. The Balaban J connectivity index is 2.12. The van der Waals surface area contributed by atoms with Crippen LogP contribution >= 0.6 is 0 Å². The van der Waals surface area contributed by atoms with Gasteiger partial charge in [0.2, 0.25) is 11.8 Å². The van der Waals surface area contributed by atoms with Gasteiger partial charge >= 0.3 is 0 Å². The molecular weight excluding hydrogens is 266 g/mol. The summed E-state index contributed by atoms with van der Waals surface area (Å²) in [4.78, 5) is 23.5. The average Bonchev–Trinajstić information content (AvgIpc) is 2.47. The number of hydrogen-bond acceptors (Lipinski definition) is 3. The van der Waals surface area contributed by atoms with E-state index in [4.69, 9.17) is 0 Å². The molecule has 1 fully saturated rings. The molecule has 0 spiro atoms. The zero-order valence-corrected chi connectivity index (χ0v) is 12.1. The summed E-state index contributed by atoms with van der Waals surface area (Å²) in [6.45, 7) is 1.43. The highest BCUT2D eigenvalue weighted by Crippen LogP contribution is 2.36. The summed E-state index contributed by atoms with van der Waals surface area (Å²) in [6.07, 6.45) is 4.12. The number of hydrogen-bond donors (Lipinski definition) is 2. The van der Waals surface area contributed by atoms with Crippen molar-refractivity contribution in [1.29, 1.82) is 5.26 Å². The molecule has 0 bridgehead atoms. The number of rotatable bonds is 3. The van der Waals surface area contributed by atoms with Crippen LogP contribution in [0.25, 0.3) is 0 Å². The highest BCUT2D eigenvalue weighted by atomic mass is 16.2. The molecule has 110 valence electrons. The van der Waals surface area contributed by atoms with Gasteiger partial charge in [-0.15, -0.1) is 0 Å². The summed E-state index contributed by atoms with van der Waals surface area (Å²) < 4.78 is 0. The molecule has 0 aliphatic heterocycles. The summed E-state index contributed by atoms with van der Waals surface area (Å²) in [5.74, 6) is -0.413. The van der Waals surface area contributed by atoms with E-state index in [1.807, 2.05) is 0 Å². The molecule has 1 aliphatic rings. The number of anilines is 2. The predicted octanol–water partition coefficient (Wildman–Crippen LogP) is 3.06. The lowest BCUT2D eigenvalue weighted by Gasteiger charge is -2.29. The summed E-state index contributed by atoms with van der Waals surface area (Å²) in [5.41, 5.74) is 0.295. The zero-order valence-electron chi connectivity index (χ0n) is 12.1. The Morgan fingerprint density at radius 2 is 1.76 bits per heavy atom. The van der Waals surface area contributed by atoms with E-state index in [0.717, 1.165) is 19.3 Å². The van der Waals surface area contributed by atoms with Crippen molar-refractivity contribution < 1.29 is 9.59 Å². The minimum absolute atomic E-state index is 0.167. The summed E-state index contributed by atoms with van der Waals surface area (Å²) >= 11 is 0. The van der Waals surface area contributed by atoms with E-state index in [0.29, 0.717) is 24.2 Å². The maximum absolute atomic E-state index is 12.4. The fourth-order valence-corrected chi connectivity index (χ4v) is 2.67. The fourth-order valence-electron chi connectivity index (χ4n) is 2.67. The molecule has 0 saturated heterocycles. The van der Waals surface area contributed by atoms with Crippen LogP contribution < -0.4 is 10.6 Å². The number of carbonyl (C=O) groups excluding carboxylic acids is 2. The second kappa shape index (κ2) is 6.40. The molecule has 0 unspecified atom stereocenters. The molecule has 0 atom stereocenters. The lowest BCUT2D eigenvalue weighted by atomic mass is 9.74. The predicted molar refractivity (Wildman–Crippen MR) is 80.5 cm³/mol. The molecule has 21 heavy (non-hydrogen) atoms. The Kier molecular flexibility index (Phi) is 4.59. The molecule has 2 rings (SSSR count). The third-order valence-corrected chi connectivity index (χ3v) is 3.80. The minimum atomic E-state index is -0.914. The van der Waals surface area contributed by atoms with Crippen LogP contribution in [0, 0.1) is 16.7 Å². The molecule has 0 aromatic heterocycles. The van der Waals surface area contributed by atoms with Gasteiger partial charge in [-0.25, -0.2) is 0 Å². The van der Waals surface area contributed by atoms with Crippen LogP contribution in [0.4, 0.5) is 11.4 Å². The molecule has 5 nitrogen and oxygen atoms in total. The lowest BCUT2D eigenvalue weighted by Crippen LogP contribution is -2.36. The molecular formula is C16H19N3O2. The van der Waals surface area contributed by atoms with Crippen molar-refractivity contribution in [3.63, 3.8) is 0 Å². The third kappa shape index (κ3) is 3.60. The van der Waals surface area contributed by atoms with E-state index in [1.165, 1.54) is 6.92 Å². The summed E-state index contributed by atoms with van der Waals surface area (Å²) in [7, 11) is 0. The lowest BCUT2D eigenvalue weighted by molar-refractivity contribution is -0.124. The highest BCUT2D eigenvalue weighted by Gasteiger charge is 2.39. The Hall–Kier alpha value is -2.35. The van der Waals surface area contributed by atoms with Gasteiger partial charge in [-0.05, 0) is 31.0 Å². The van der Waals surface area contributed by atoms with Gasteiger partial charge in [0.15, 0.2) is 0 Å². The first-order chi connectivity index (χ1) is 10.1. The quantitative estimate of drug-likeness (QED) is 0.895. The van der Waals surface area contributed by atoms with Crippen molar-refractivity contribution in [3.8, 4) is 6.07 Å². The first-order valence-electron chi connectivity index (χ1n) is 7.16. The number of nitrogens with zero attached hydrogens (tertiary/aromatic N) is 1. The van der Waals surface area contributed by atoms with Gasteiger partial charge in [-0.3, -0.25) is 9.59 Å². The highest BCUT2D eigenvalue weighted by molar-refractivity contribution is 5.98. The molecule has 2 amide bonds. The van der Waals surface area contributed by atoms with Crippen molar-refractivity contribution in [2.75, 3.05) is 10.6 Å². The first kappa shape index (κ1) is 15.0. The van der Waals surface area contributed by atoms with Crippen molar-refractivity contribution >= 4 is 23.2 Å². The smallest absolute Gasteiger partial charge is 0.244 e. The largest absolute Gasteiger partial charge is 0.326 e. The number of nitrogens with one attached hydrogen (secondary N) is 2. The zero-order chi connectivity index (χ0) is 15.3. The van der Waals surface area contributed by atoms with Gasteiger partial charge in [0, 0.05) is 18.3 Å². The molecule has 5 heteroatoms. The van der Waals surface area contributed by atoms with Crippen molar-refractivity contribution in [1.82, 2.24) is 0 Å². The minimum Gasteiger partial charge on any atom is -0.326 e. The first-order valence-corrected chi connectivity index (χ1v) is 7.16. The van der Waals surface area contributed by atoms with E-state index in [2.05, 4.69) is 16.7 Å². The molecule has 2 N–H and O–H groups in total. The maximum Gasteiger partial charge on any atom is 0.244 e. The van der Waals surface area contributed by atoms with Gasteiger partial charge in [0.25, 0.3) is 0 Å². The normalized spacial score (nSPS) is 16.6. The van der Waals surface area contributed by atoms with Crippen molar-refractivity contribution in [3.05, 3.63) is 24.3 Å². The second-order valence-electron chi connectivity index (χ2n) is 5.47. The summed E-state index contributed by atoms with van der Waals surface area (Å²) in [5, 5.41) is 14.9. The molecule has 0 heterocycles. The molecule has 1 aromatic rings. The summed E-state index contributed by atoms with van der Waals surface area (Å²) in [6, 6.07) is 9.14. The van der Waals surface area contributed by atoms with Gasteiger partial charge in [0.1, 0.15) is 5.41 Å². The third-order valence-electron chi connectivity index (χ3n) is 3.80. The number of benzene rings is 1. The average molecular weight is 285 g/mol. The van der Waals surface area contributed by atoms with Crippen LogP contribution in [0.5, 0.6) is 0 Å². The number of amides is 2. The molecule has 0 radical (unpaired) electrons. The SMILES string of the molecule is CC(=O)Nc1cccc(NC(=O)C2(C#N)CCCCC2)c1. The van der Waals surface area contributed by atoms with E-state index < -0.39 is 5.41 Å². The topological polar surface area (TPSA) is 82.0 Å². The second-order valence-corrected chi connectivity index (χ2v) is 5.47. The van der Waals surface area contributed by atoms with Gasteiger partial charge in [-0.1, -0.05) is 25.3 Å². The van der Waals surface area contributed by atoms with Crippen LogP contribution in [0.3, 0.4) is 0 Å². The van der Waals surface area contributed by atoms with Crippen LogP contribution in [-0.4, -0.2) is 11.8 Å². The Labute approximate surface area is 124 Å². The van der Waals surface area contributed by atoms with Gasteiger partial charge < -0.3 is 10.6 Å². The Morgan fingerprint density at radius 3 is 2.33 bits per heavy atom. The van der Waals surface area contributed by atoms with Gasteiger partial charge in [-0.2, -0.15) is 5.26 Å². The van der Waals surface area contributed by atoms with Gasteiger partial charge in [0.05, 0.1) is 6.07 Å². The van der Waals surface area contributed by atoms with Crippen LogP contribution in [0.15, 0.2) is 24.3 Å². The van der Waals surface area contributed by atoms with E-state index in [1.54, 1.807) is 24.3 Å². The van der Waals surface area contributed by atoms with Crippen LogP contribution in [-0.2, 0) is 9.59 Å². The van der Waals surface area contributed by atoms with Crippen LogP contribution in [0.2, 0.25) is 0 Å². The number of carbonyl (C=O) groups is 2. The molecule has 1 saturated carbocycles. The monoisotopic (exact) mass is 285 g/mol. The molecule has 1 aliphatic carbocycles. The Bertz CT molecular complexity index is 583. The van der Waals surface area contributed by atoms with Crippen molar-refractivity contribution in [2.24, 2.45) is 5.41 Å². The van der Waals surface area contributed by atoms with E-state index >= 15 is 0 Å². The van der Waals surface area contributed by atoms with Crippen LogP contribution in [0.1, 0.15) is 39.0 Å². The fraction of sp³-hybridized carbons (Fsp3) is 0.438. The maximum atomic E-state index is 12.4. The Morgan fingerprint density at radius 1 is 1.14 bits per heavy atom.